The lowest BCUT2D eigenvalue weighted by Gasteiger charge is -2.35. The first kappa shape index (κ1) is 33.3. The van der Waals surface area contributed by atoms with Gasteiger partial charge in [-0.25, -0.2) is 13.8 Å². The second-order valence-corrected chi connectivity index (χ2v) is 10.2. The number of hydrogen-bond donors (Lipinski definition) is 4. The van der Waals surface area contributed by atoms with Gasteiger partial charge in [0.15, 0.2) is 5.82 Å². The summed E-state index contributed by atoms with van der Waals surface area (Å²) in [6, 6.07) is 2.54. The van der Waals surface area contributed by atoms with E-state index in [0.29, 0.717) is 17.8 Å². The first-order valence-electron chi connectivity index (χ1n) is 13.4. The van der Waals surface area contributed by atoms with Gasteiger partial charge in [0.1, 0.15) is 10.1 Å². The molecule has 1 saturated heterocycles. The van der Waals surface area contributed by atoms with Crippen LogP contribution in [-0.4, -0.2) is 57.1 Å². The fraction of sp³-hybridized carbons (Fsp3) is 0.654. The van der Waals surface area contributed by atoms with Crippen LogP contribution in [0.25, 0.3) is 5.52 Å². The van der Waals surface area contributed by atoms with E-state index < -0.39 is 11.5 Å². The van der Waals surface area contributed by atoms with Crippen LogP contribution in [0.2, 0.25) is 0 Å². The molecule has 0 aromatic carbocycles. The molecule has 2 aromatic rings. The largest absolute Gasteiger partial charge is 0.367 e. The lowest BCUT2D eigenvalue weighted by atomic mass is 10.1. The number of fused-ring (bicyclic) bond motifs is 1. The van der Waals surface area contributed by atoms with Crippen molar-refractivity contribution in [3.05, 3.63) is 24.3 Å². The predicted molar refractivity (Wildman–Crippen MR) is 158 cm³/mol. The zero-order valence-electron chi connectivity index (χ0n) is 23.5. The van der Waals surface area contributed by atoms with Crippen molar-refractivity contribution in [3.63, 3.8) is 0 Å². The van der Waals surface area contributed by atoms with Gasteiger partial charge in [-0.3, -0.25) is 19.9 Å². The number of halogens is 2. The summed E-state index contributed by atoms with van der Waals surface area (Å²) in [6.45, 7) is 19.0. The molecule has 4 N–H and O–H groups in total. The summed E-state index contributed by atoms with van der Waals surface area (Å²) < 4.78 is 30.9. The Balaban J connectivity index is 0.00000106. The number of nitrogens with zero attached hydrogens (tertiary/aromatic N) is 3. The maximum absolute atomic E-state index is 12.8. The van der Waals surface area contributed by atoms with Gasteiger partial charge in [-0.1, -0.05) is 48.5 Å². The number of aromatic nitrogens is 2. The van der Waals surface area contributed by atoms with Crippen molar-refractivity contribution in [2.75, 3.05) is 24.5 Å². The molecule has 1 atom stereocenters. The highest BCUT2D eigenvalue weighted by Gasteiger charge is 2.37. The average Bonchev–Trinajstić information content (AvgIpc) is 3.52. The van der Waals surface area contributed by atoms with Gasteiger partial charge < -0.3 is 10.2 Å². The Hall–Kier alpha value is -1.69. The topological polar surface area (TPSA) is 92.3 Å². The summed E-state index contributed by atoms with van der Waals surface area (Å²) in [5.41, 5.74) is 2.00. The summed E-state index contributed by atoms with van der Waals surface area (Å²) in [7, 11) is 0. The molecule has 1 saturated carbocycles. The van der Waals surface area contributed by atoms with Crippen LogP contribution in [0, 0.1) is 10.8 Å². The molecule has 1 aliphatic carbocycles. The van der Waals surface area contributed by atoms with Gasteiger partial charge in [-0.15, -0.1) is 0 Å². The summed E-state index contributed by atoms with van der Waals surface area (Å²) in [5, 5.41) is 18.2. The summed E-state index contributed by atoms with van der Waals surface area (Å²) in [6.07, 6.45) is 4.00. The van der Waals surface area contributed by atoms with Gasteiger partial charge in [-0.2, -0.15) is 0 Å². The predicted octanol–water partition coefficient (Wildman–Crippen LogP) is 7.05. The lowest BCUT2D eigenvalue weighted by Crippen LogP contribution is -2.50. The maximum Gasteiger partial charge on any atom is 0.285 e. The number of hydrogen-bond acceptors (Lipinski definition) is 8. The van der Waals surface area contributed by atoms with Crippen LogP contribution in [0.3, 0.4) is 0 Å². The molecule has 7 nitrogen and oxygen atoms in total. The Morgan fingerprint density at radius 3 is 2.43 bits per heavy atom. The van der Waals surface area contributed by atoms with Crippen LogP contribution in [0.15, 0.2) is 23.4 Å². The molecule has 1 unspecified atom stereocenters. The molecule has 0 bridgehead atoms. The minimum Gasteiger partial charge on any atom is -0.367 e. The molecule has 3 heterocycles. The third-order valence-electron chi connectivity index (χ3n) is 5.71. The molecule has 0 radical (unpaired) electrons. The Kier molecular flexibility index (Phi) is 14.7. The van der Waals surface area contributed by atoms with Crippen LogP contribution in [-0.2, 0) is 0 Å². The molecular weight excluding hydrogens is 512 g/mol. The van der Waals surface area contributed by atoms with E-state index >= 15 is 0 Å². The molecular formula is C26H45F2N7S2. The average molecular weight is 558 g/mol. The lowest BCUT2D eigenvalue weighted by molar-refractivity contribution is 0.228. The van der Waals surface area contributed by atoms with Crippen molar-refractivity contribution >= 4 is 45.0 Å². The van der Waals surface area contributed by atoms with Crippen molar-refractivity contribution in [2.24, 2.45) is 0 Å². The monoisotopic (exact) mass is 557 g/mol. The van der Waals surface area contributed by atoms with Gasteiger partial charge >= 0.3 is 0 Å². The normalized spacial score (nSPS) is 17.6. The van der Waals surface area contributed by atoms with Crippen LogP contribution in [0.1, 0.15) is 80.5 Å². The minimum atomic E-state index is -2.89. The Labute approximate surface area is 230 Å². The molecule has 11 heteroatoms. The van der Waals surface area contributed by atoms with E-state index in [0.717, 1.165) is 55.0 Å². The standard InChI is InChI=1S/C20H27F2N7S2.3C2H6/c1-3-12-10-28(7-6-25-12)14-8-13(31-27-20(2)4-5-20)11-29-15(14)9-26-19(29)18(24)30-17(23)16(21)22;3*1-2/h8-9,11-12,16,23-25,27H,3-7,10H2,1-2H3;3*1-2H3. The third-order valence-corrected chi connectivity index (χ3v) is 7.55. The molecule has 2 aliphatic rings. The minimum absolute atomic E-state index is 0.148. The molecule has 0 amide bonds. The van der Waals surface area contributed by atoms with Crippen molar-refractivity contribution in [1.29, 1.82) is 10.8 Å². The van der Waals surface area contributed by atoms with Crippen molar-refractivity contribution in [3.8, 4) is 0 Å². The molecule has 1 aliphatic heterocycles. The van der Waals surface area contributed by atoms with E-state index in [4.69, 9.17) is 10.8 Å². The Bertz CT molecular complexity index is 993. The van der Waals surface area contributed by atoms with Crippen LogP contribution in [0.4, 0.5) is 14.5 Å². The van der Waals surface area contributed by atoms with Gasteiger partial charge in [0.25, 0.3) is 6.43 Å². The van der Waals surface area contributed by atoms with Crippen molar-refractivity contribution in [1.82, 2.24) is 19.4 Å². The third kappa shape index (κ3) is 9.23. The smallest absolute Gasteiger partial charge is 0.285 e. The van der Waals surface area contributed by atoms with Crippen LogP contribution >= 0.6 is 23.7 Å². The number of piperazine rings is 1. The van der Waals surface area contributed by atoms with Gasteiger partial charge in [0.2, 0.25) is 0 Å². The summed E-state index contributed by atoms with van der Waals surface area (Å²) in [4.78, 5) is 7.67. The Morgan fingerprint density at radius 1 is 1.22 bits per heavy atom. The maximum atomic E-state index is 12.8. The van der Waals surface area contributed by atoms with E-state index in [1.807, 2.05) is 47.7 Å². The van der Waals surface area contributed by atoms with Crippen molar-refractivity contribution in [2.45, 2.75) is 97.6 Å². The number of imidazole rings is 1. The second-order valence-electron chi connectivity index (χ2n) is 8.26. The summed E-state index contributed by atoms with van der Waals surface area (Å²) in [5.74, 6) is 0.272. The van der Waals surface area contributed by atoms with Crippen LogP contribution in [0.5, 0.6) is 0 Å². The van der Waals surface area contributed by atoms with E-state index in [-0.39, 0.29) is 16.4 Å². The van der Waals surface area contributed by atoms with Gasteiger partial charge in [0, 0.05) is 42.3 Å². The number of thioether (sulfide) groups is 1. The summed E-state index contributed by atoms with van der Waals surface area (Å²) >= 11 is 2.00. The van der Waals surface area contributed by atoms with E-state index in [1.165, 1.54) is 0 Å². The van der Waals surface area contributed by atoms with Crippen molar-refractivity contribution < 1.29 is 8.78 Å². The highest BCUT2D eigenvalue weighted by molar-refractivity contribution is 8.26. The van der Waals surface area contributed by atoms with E-state index in [2.05, 4.69) is 39.8 Å². The molecule has 0 spiro atoms. The highest BCUT2D eigenvalue weighted by Crippen LogP contribution is 2.38. The highest BCUT2D eigenvalue weighted by atomic mass is 32.2. The first-order chi connectivity index (χ1) is 17.8. The fourth-order valence-corrected chi connectivity index (χ4v) is 4.97. The van der Waals surface area contributed by atoms with Crippen LogP contribution < -0.4 is 14.9 Å². The second kappa shape index (κ2) is 16.3. The number of nitrogens with one attached hydrogen (secondary N) is 4. The Morgan fingerprint density at radius 2 is 1.86 bits per heavy atom. The molecule has 210 valence electrons. The first-order valence-corrected chi connectivity index (χ1v) is 15.0. The molecule has 4 rings (SSSR count). The molecule has 37 heavy (non-hydrogen) atoms. The molecule has 2 aromatic heterocycles. The number of rotatable bonds is 7. The van der Waals surface area contributed by atoms with Gasteiger partial charge in [0.05, 0.1) is 17.4 Å². The zero-order valence-corrected chi connectivity index (χ0v) is 25.2. The zero-order chi connectivity index (χ0) is 28.2. The number of pyridine rings is 1. The van der Waals surface area contributed by atoms with Gasteiger partial charge in [-0.05, 0) is 56.0 Å². The quantitative estimate of drug-likeness (QED) is 0.166. The number of anilines is 1. The van der Waals surface area contributed by atoms with E-state index in [9.17, 15) is 8.78 Å². The van der Waals surface area contributed by atoms with E-state index in [1.54, 1.807) is 22.5 Å². The molecule has 2 fully saturated rings. The number of alkyl halides is 2. The fourth-order valence-electron chi connectivity index (χ4n) is 3.52. The SMILES string of the molecule is CC.CC.CC.CCC1CN(c2cc(SNC3(C)CC3)cn3c(C(=N)SC(=N)C(F)F)ncc23)CCN1.